The summed E-state index contributed by atoms with van der Waals surface area (Å²) in [5, 5.41) is 0. The second-order valence-corrected chi connectivity index (χ2v) is 12.1. The summed E-state index contributed by atoms with van der Waals surface area (Å²) in [7, 11) is 1.65. The molecule has 6 nitrogen and oxygen atoms in total. The molecule has 0 spiro atoms. The van der Waals surface area contributed by atoms with Crippen molar-refractivity contribution >= 4 is 11.6 Å². The predicted octanol–water partition coefficient (Wildman–Crippen LogP) is 11.5. The summed E-state index contributed by atoms with van der Waals surface area (Å²) in [6.07, 6.45) is 0. The number of carbonyl (C=O) groups is 2. The molecule has 7 aromatic carbocycles. The van der Waals surface area contributed by atoms with Crippen LogP contribution >= 0.6 is 0 Å². The van der Waals surface area contributed by atoms with Crippen molar-refractivity contribution in [2.75, 3.05) is 7.11 Å². The van der Waals surface area contributed by atoms with Gasteiger partial charge in [0.05, 0.1) is 7.11 Å². The summed E-state index contributed by atoms with van der Waals surface area (Å²) in [6.45, 7) is 1.99. The van der Waals surface area contributed by atoms with Gasteiger partial charge in [-0.1, -0.05) is 66.2 Å². The molecule has 0 N–H and O–H groups in total. The van der Waals surface area contributed by atoms with Gasteiger partial charge in [0, 0.05) is 33.4 Å². The quantitative estimate of drug-likeness (QED) is 0.119. The van der Waals surface area contributed by atoms with Crippen LogP contribution in [0.5, 0.6) is 40.2 Å². The third kappa shape index (κ3) is 7.77. The molecular weight excluding hydrogens is 648 g/mol. The maximum atomic E-state index is 13.3. The van der Waals surface area contributed by atoms with E-state index in [2.05, 4.69) is 0 Å². The first-order valence-electron chi connectivity index (χ1n) is 16.8. The Balaban J connectivity index is 0.942. The molecule has 0 saturated carbocycles. The van der Waals surface area contributed by atoms with Crippen LogP contribution in [0.4, 0.5) is 0 Å². The minimum absolute atomic E-state index is 0.0335. The van der Waals surface area contributed by atoms with E-state index in [-0.39, 0.29) is 11.6 Å². The van der Waals surface area contributed by atoms with Crippen molar-refractivity contribution in [1.82, 2.24) is 0 Å². The summed E-state index contributed by atoms with van der Waals surface area (Å²) in [6, 6.07) is 51.5. The summed E-state index contributed by atoms with van der Waals surface area (Å²) in [5.74, 6) is 4.37. The highest BCUT2D eigenvalue weighted by atomic mass is 16.5. The summed E-state index contributed by atoms with van der Waals surface area (Å²) in [5.41, 5.74) is 5.27. The van der Waals surface area contributed by atoms with Gasteiger partial charge in [-0.25, -0.2) is 0 Å². The number of ether oxygens (including phenoxy) is 4. The molecule has 7 aromatic rings. The van der Waals surface area contributed by atoms with Crippen molar-refractivity contribution in [2.45, 2.75) is 6.92 Å². The van der Waals surface area contributed by atoms with Gasteiger partial charge in [-0.15, -0.1) is 0 Å². The van der Waals surface area contributed by atoms with Crippen LogP contribution in [-0.2, 0) is 0 Å². The van der Waals surface area contributed by atoms with Crippen LogP contribution in [0, 0.1) is 6.92 Å². The first kappa shape index (κ1) is 33.6. The topological polar surface area (TPSA) is 71.1 Å². The molecular formula is C46H34O6. The van der Waals surface area contributed by atoms with Crippen LogP contribution in [0.1, 0.15) is 37.4 Å². The summed E-state index contributed by atoms with van der Waals surface area (Å²) in [4.78, 5) is 26.1. The zero-order valence-electron chi connectivity index (χ0n) is 28.6. The van der Waals surface area contributed by atoms with Crippen LogP contribution in [-0.4, -0.2) is 18.7 Å². The first-order valence-corrected chi connectivity index (χ1v) is 16.8. The molecule has 0 atom stereocenters. The minimum atomic E-state index is -0.110. The van der Waals surface area contributed by atoms with Gasteiger partial charge in [0.25, 0.3) is 0 Å². The first-order chi connectivity index (χ1) is 25.4. The summed E-state index contributed by atoms with van der Waals surface area (Å²) < 4.78 is 23.8. The largest absolute Gasteiger partial charge is 0.496 e. The monoisotopic (exact) mass is 682 g/mol. The maximum Gasteiger partial charge on any atom is 0.193 e. The second-order valence-electron chi connectivity index (χ2n) is 12.1. The highest BCUT2D eigenvalue weighted by Crippen LogP contribution is 2.38. The lowest BCUT2D eigenvalue weighted by molar-refractivity contribution is 0.103. The van der Waals surface area contributed by atoms with E-state index < -0.39 is 0 Å². The lowest BCUT2D eigenvalue weighted by Gasteiger charge is -2.14. The number of rotatable bonds is 12. The fourth-order valence-corrected chi connectivity index (χ4v) is 5.68. The predicted molar refractivity (Wildman–Crippen MR) is 202 cm³/mol. The smallest absolute Gasteiger partial charge is 0.193 e. The van der Waals surface area contributed by atoms with Gasteiger partial charge in [-0.05, 0) is 116 Å². The molecule has 0 aliphatic carbocycles. The van der Waals surface area contributed by atoms with Crippen LogP contribution in [0.15, 0.2) is 170 Å². The van der Waals surface area contributed by atoms with Crippen molar-refractivity contribution in [2.24, 2.45) is 0 Å². The van der Waals surface area contributed by atoms with Gasteiger partial charge in [0.2, 0.25) is 0 Å². The molecule has 52 heavy (non-hydrogen) atoms. The van der Waals surface area contributed by atoms with Crippen LogP contribution < -0.4 is 18.9 Å². The number of aryl methyl sites for hydroxylation is 1. The minimum Gasteiger partial charge on any atom is -0.496 e. The SMILES string of the molecule is COc1ccccc1-c1ccccc1Oc1ccc(C(=O)c2ccc(Oc3ccc(Oc4ccc(C(=O)c5ccc(C)cc5)cc4)cc3)cc2)cc1. The van der Waals surface area contributed by atoms with E-state index >= 15 is 0 Å². The Kier molecular flexibility index (Phi) is 9.89. The molecule has 0 saturated heterocycles. The highest BCUT2D eigenvalue weighted by molar-refractivity contribution is 6.09. The molecule has 0 heterocycles. The van der Waals surface area contributed by atoms with Crippen LogP contribution in [0.3, 0.4) is 0 Å². The van der Waals surface area contributed by atoms with Crippen molar-refractivity contribution in [1.29, 1.82) is 0 Å². The standard InChI is InChI=1S/C46H34O6/c1-31-11-13-32(14-12-31)45(47)33-15-21-36(22-16-33)50-38-27-29-39(30-28-38)51-37-23-17-34(18-24-37)46(48)35-19-25-40(26-20-35)52-44-10-6-4-8-42(44)41-7-3-5-9-43(41)49-2/h3-30H,1-2H3. The van der Waals surface area contributed by atoms with Gasteiger partial charge in [0.15, 0.2) is 11.6 Å². The van der Waals surface area contributed by atoms with Crippen molar-refractivity contribution in [3.8, 4) is 51.4 Å². The Morgan fingerprint density at radius 1 is 0.365 bits per heavy atom. The molecule has 254 valence electrons. The molecule has 0 fully saturated rings. The molecule has 0 aliphatic rings. The molecule has 0 unspecified atom stereocenters. The van der Waals surface area contributed by atoms with Gasteiger partial charge < -0.3 is 18.9 Å². The molecule has 0 amide bonds. The van der Waals surface area contributed by atoms with Gasteiger partial charge in [0.1, 0.15) is 40.2 Å². The highest BCUT2D eigenvalue weighted by Gasteiger charge is 2.14. The van der Waals surface area contributed by atoms with Gasteiger partial charge in [-0.2, -0.15) is 0 Å². The molecule has 0 bridgehead atoms. The van der Waals surface area contributed by atoms with E-state index in [9.17, 15) is 9.59 Å². The average Bonchev–Trinajstić information content (AvgIpc) is 3.19. The van der Waals surface area contributed by atoms with Crippen molar-refractivity contribution in [3.05, 3.63) is 198 Å². The third-order valence-electron chi connectivity index (χ3n) is 8.47. The second kappa shape index (κ2) is 15.3. The molecule has 0 aliphatic heterocycles. The molecule has 0 aromatic heterocycles. The Hall–Kier alpha value is -6.92. The van der Waals surface area contributed by atoms with Crippen molar-refractivity contribution < 1.29 is 28.5 Å². The van der Waals surface area contributed by atoms with E-state index in [1.54, 1.807) is 79.9 Å². The number of ketones is 2. The number of benzene rings is 7. The Bertz CT molecular complexity index is 2310. The molecule has 6 heteroatoms. The van der Waals surface area contributed by atoms with Crippen LogP contribution in [0.2, 0.25) is 0 Å². The molecule has 0 radical (unpaired) electrons. The normalized spacial score (nSPS) is 10.7. The van der Waals surface area contributed by atoms with E-state index in [0.29, 0.717) is 56.8 Å². The summed E-state index contributed by atoms with van der Waals surface area (Å²) >= 11 is 0. The Morgan fingerprint density at radius 2 is 0.673 bits per heavy atom. The number of para-hydroxylation sites is 2. The van der Waals surface area contributed by atoms with E-state index in [1.165, 1.54) is 0 Å². The zero-order chi connectivity index (χ0) is 35.9. The van der Waals surface area contributed by atoms with E-state index in [0.717, 1.165) is 22.4 Å². The Labute approximate surface area is 302 Å². The lowest BCUT2D eigenvalue weighted by Crippen LogP contribution is -2.01. The van der Waals surface area contributed by atoms with E-state index in [1.807, 2.05) is 104 Å². The average molecular weight is 683 g/mol. The lowest BCUT2D eigenvalue weighted by atomic mass is 10.0. The maximum absolute atomic E-state index is 13.3. The number of hydrogen-bond acceptors (Lipinski definition) is 6. The van der Waals surface area contributed by atoms with E-state index in [4.69, 9.17) is 18.9 Å². The fourth-order valence-electron chi connectivity index (χ4n) is 5.68. The Morgan fingerprint density at radius 3 is 1.08 bits per heavy atom. The number of carbonyl (C=O) groups excluding carboxylic acids is 2. The number of methoxy groups -OCH3 is 1. The number of hydrogen-bond donors (Lipinski definition) is 0. The molecule has 7 rings (SSSR count). The van der Waals surface area contributed by atoms with Gasteiger partial charge >= 0.3 is 0 Å². The van der Waals surface area contributed by atoms with Gasteiger partial charge in [-0.3, -0.25) is 9.59 Å². The zero-order valence-corrected chi connectivity index (χ0v) is 28.6. The van der Waals surface area contributed by atoms with Crippen molar-refractivity contribution in [3.63, 3.8) is 0 Å². The third-order valence-corrected chi connectivity index (χ3v) is 8.47. The fraction of sp³-hybridized carbons (Fsp3) is 0.0435. The van der Waals surface area contributed by atoms with Crippen LogP contribution in [0.25, 0.3) is 11.1 Å².